The second-order valence-electron chi connectivity index (χ2n) is 5.63. The van der Waals surface area contributed by atoms with Crippen LogP contribution >= 0.6 is 11.6 Å². The predicted molar refractivity (Wildman–Crippen MR) is 81.8 cm³/mol. The summed E-state index contributed by atoms with van der Waals surface area (Å²) in [6, 6.07) is 6.58. The third kappa shape index (κ3) is 3.43. The molecule has 1 saturated carbocycles. The molecular weight excluding hydrogens is 258 g/mol. The third-order valence-corrected chi connectivity index (χ3v) is 4.91. The van der Waals surface area contributed by atoms with E-state index in [0.717, 1.165) is 17.2 Å². The highest BCUT2D eigenvalue weighted by molar-refractivity contribution is 6.31. The fraction of sp³-hybridized carbons (Fsp3) is 0.625. The van der Waals surface area contributed by atoms with Gasteiger partial charge in [-0.2, -0.15) is 0 Å². The zero-order valence-electron chi connectivity index (χ0n) is 11.9. The minimum atomic E-state index is 0.00440. The molecule has 2 nitrogen and oxygen atoms in total. The zero-order chi connectivity index (χ0) is 13.8. The maximum absolute atomic E-state index is 9.15. The maximum atomic E-state index is 9.15. The van der Waals surface area contributed by atoms with Crippen LogP contribution in [0.5, 0.6) is 0 Å². The van der Waals surface area contributed by atoms with Gasteiger partial charge in [-0.15, -0.1) is 0 Å². The zero-order valence-corrected chi connectivity index (χ0v) is 12.7. The molecule has 19 heavy (non-hydrogen) atoms. The highest BCUT2D eigenvalue weighted by Gasteiger charge is 2.23. The van der Waals surface area contributed by atoms with Crippen LogP contribution in [-0.2, 0) is 6.61 Å². The van der Waals surface area contributed by atoms with Crippen LogP contribution in [0.1, 0.15) is 44.6 Å². The maximum Gasteiger partial charge on any atom is 0.0696 e. The largest absolute Gasteiger partial charge is 0.392 e. The summed E-state index contributed by atoms with van der Waals surface area (Å²) < 4.78 is 0. The number of aliphatic hydroxyl groups is 1. The summed E-state index contributed by atoms with van der Waals surface area (Å²) in [5.74, 6) is 0.921. The average molecular weight is 282 g/mol. The molecule has 1 N–H and O–H groups in total. The van der Waals surface area contributed by atoms with E-state index in [9.17, 15) is 0 Å². The Bertz CT molecular complexity index is 413. The summed E-state index contributed by atoms with van der Waals surface area (Å²) in [5, 5.41) is 9.82. The lowest BCUT2D eigenvalue weighted by Gasteiger charge is -2.36. The second kappa shape index (κ2) is 6.62. The lowest BCUT2D eigenvalue weighted by Crippen LogP contribution is -2.35. The number of rotatable bonds is 4. The van der Waals surface area contributed by atoms with Gasteiger partial charge < -0.3 is 10.0 Å². The quantitative estimate of drug-likeness (QED) is 0.892. The Morgan fingerprint density at radius 2 is 1.95 bits per heavy atom. The van der Waals surface area contributed by atoms with Gasteiger partial charge in [-0.25, -0.2) is 0 Å². The standard InChI is InChI=1S/C16H24ClNO/c1-3-12-4-7-14(8-5-12)18(2)15-9-6-13(11-19)16(17)10-15/h6,9-10,12,14,19H,3-5,7-8,11H2,1-2H3. The van der Waals surface area contributed by atoms with Crippen LogP contribution in [0.3, 0.4) is 0 Å². The molecule has 106 valence electrons. The van der Waals surface area contributed by atoms with Crippen molar-refractivity contribution in [3.63, 3.8) is 0 Å². The molecule has 1 aliphatic carbocycles. The van der Waals surface area contributed by atoms with Crippen molar-refractivity contribution in [1.29, 1.82) is 0 Å². The first-order valence-corrected chi connectivity index (χ1v) is 7.65. The number of hydrogen-bond acceptors (Lipinski definition) is 2. The van der Waals surface area contributed by atoms with Crippen LogP contribution in [0, 0.1) is 5.92 Å². The Balaban J connectivity index is 2.03. The van der Waals surface area contributed by atoms with E-state index in [-0.39, 0.29) is 6.61 Å². The summed E-state index contributed by atoms with van der Waals surface area (Å²) in [4.78, 5) is 2.35. The molecule has 3 heteroatoms. The van der Waals surface area contributed by atoms with Crippen molar-refractivity contribution in [3.8, 4) is 0 Å². The predicted octanol–water partition coefficient (Wildman–Crippen LogP) is 4.24. The van der Waals surface area contributed by atoms with Crippen LogP contribution in [0.2, 0.25) is 5.02 Å². The van der Waals surface area contributed by atoms with Crippen LogP contribution in [-0.4, -0.2) is 18.2 Å². The van der Waals surface area contributed by atoms with Gasteiger partial charge >= 0.3 is 0 Å². The molecule has 0 spiro atoms. The van der Waals surface area contributed by atoms with E-state index in [1.165, 1.54) is 32.1 Å². The average Bonchev–Trinajstić information content (AvgIpc) is 2.46. The summed E-state index contributed by atoms with van der Waals surface area (Å²) in [5.41, 5.74) is 1.95. The van der Waals surface area contributed by atoms with Crippen molar-refractivity contribution in [1.82, 2.24) is 0 Å². The lowest BCUT2D eigenvalue weighted by molar-refractivity contribution is 0.282. The monoisotopic (exact) mass is 281 g/mol. The summed E-state index contributed by atoms with van der Waals surface area (Å²) >= 11 is 6.17. The van der Waals surface area contributed by atoms with Gasteiger partial charge in [0.25, 0.3) is 0 Å². The fourth-order valence-electron chi connectivity index (χ4n) is 3.04. The van der Waals surface area contributed by atoms with E-state index < -0.39 is 0 Å². The van der Waals surface area contributed by atoms with Gasteiger partial charge in [0.15, 0.2) is 0 Å². The first-order valence-electron chi connectivity index (χ1n) is 7.27. The van der Waals surface area contributed by atoms with Crippen molar-refractivity contribution < 1.29 is 5.11 Å². The van der Waals surface area contributed by atoms with E-state index in [2.05, 4.69) is 24.9 Å². The normalized spacial score (nSPS) is 23.4. The molecule has 0 bridgehead atoms. The first-order chi connectivity index (χ1) is 9.15. The number of benzene rings is 1. The molecular formula is C16H24ClNO. The number of nitrogens with zero attached hydrogens (tertiary/aromatic N) is 1. The van der Waals surface area contributed by atoms with Crippen molar-refractivity contribution in [2.75, 3.05) is 11.9 Å². The van der Waals surface area contributed by atoms with E-state index in [1.54, 1.807) is 0 Å². The molecule has 1 aliphatic rings. The molecule has 0 heterocycles. The molecule has 0 radical (unpaired) electrons. The molecule has 0 aromatic heterocycles. The Morgan fingerprint density at radius 1 is 1.26 bits per heavy atom. The first kappa shape index (κ1) is 14.7. The van der Waals surface area contributed by atoms with E-state index in [0.29, 0.717) is 11.1 Å². The van der Waals surface area contributed by atoms with Gasteiger partial charge in [0.2, 0.25) is 0 Å². The summed E-state index contributed by atoms with van der Waals surface area (Å²) in [6.07, 6.45) is 6.54. The summed E-state index contributed by atoms with van der Waals surface area (Å²) in [7, 11) is 2.15. The molecule has 0 atom stereocenters. The van der Waals surface area contributed by atoms with Crippen molar-refractivity contribution >= 4 is 17.3 Å². The molecule has 0 amide bonds. The Morgan fingerprint density at radius 3 is 2.47 bits per heavy atom. The second-order valence-corrected chi connectivity index (χ2v) is 6.03. The number of hydrogen-bond donors (Lipinski definition) is 1. The minimum absolute atomic E-state index is 0.00440. The van der Waals surface area contributed by atoms with Crippen LogP contribution in [0.25, 0.3) is 0 Å². The van der Waals surface area contributed by atoms with Gasteiger partial charge in [-0.05, 0) is 49.3 Å². The highest BCUT2D eigenvalue weighted by Crippen LogP contribution is 2.32. The van der Waals surface area contributed by atoms with Crippen molar-refractivity contribution in [3.05, 3.63) is 28.8 Å². The minimum Gasteiger partial charge on any atom is -0.392 e. The van der Waals surface area contributed by atoms with E-state index in [1.807, 2.05) is 12.1 Å². The molecule has 2 rings (SSSR count). The van der Waals surface area contributed by atoms with Crippen molar-refractivity contribution in [2.45, 2.75) is 51.7 Å². The van der Waals surface area contributed by atoms with Gasteiger partial charge in [-0.3, -0.25) is 0 Å². The van der Waals surface area contributed by atoms with Gasteiger partial charge in [0, 0.05) is 23.8 Å². The summed E-state index contributed by atoms with van der Waals surface area (Å²) in [6.45, 7) is 2.30. The topological polar surface area (TPSA) is 23.5 Å². The van der Waals surface area contributed by atoms with E-state index in [4.69, 9.17) is 16.7 Å². The van der Waals surface area contributed by atoms with Crippen LogP contribution in [0.15, 0.2) is 18.2 Å². The smallest absolute Gasteiger partial charge is 0.0696 e. The Hall–Kier alpha value is -0.730. The van der Waals surface area contributed by atoms with Gasteiger partial charge in [-0.1, -0.05) is 31.0 Å². The number of aliphatic hydroxyl groups excluding tert-OH is 1. The highest BCUT2D eigenvalue weighted by atomic mass is 35.5. The molecule has 1 fully saturated rings. The van der Waals surface area contributed by atoms with Gasteiger partial charge in [0.1, 0.15) is 0 Å². The molecule has 0 unspecified atom stereocenters. The van der Waals surface area contributed by atoms with Crippen LogP contribution < -0.4 is 4.90 Å². The fourth-order valence-corrected chi connectivity index (χ4v) is 3.27. The number of anilines is 1. The Labute approximate surface area is 121 Å². The molecule has 1 aromatic rings. The number of halogens is 1. The van der Waals surface area contributed by atoms with E-state index >= 15 is 0 Å². The van der Waals surface area contributed by atoms with Gasteiger partial charge in [0.05, 0.1) is 6.61 Å². The molecule has 0 aliphatic heterocycles. The lowest BCUT2D eigenvalue weighted by atomic mass is 9.84. The van der Waals surface area contributed by atoms with Crippen molar-refractivity contribution in [2.24, 2.45) is 5.92 Å². The molecule has 1 aromatic carbocycles. The SMILES string of the molecule is CCC1CCC(N(C)c2ccc(CO)c(Cl)c2)CC1. The van der Waals surface area contributed by atoms with Crippen LogP contribution in [0.4, 0.5) is 5.69 Å². The molecule has 0 saturated heterocycles. The third-order valence-electron chi connectivity index (χ3n) is 4.56. The Kier molecular flexibility index (Phi) is 5.12.